The lowest BCUT2D eigenvalue weighted by atomic mass is 9.98. The molecule has 0 radical (unpaired) electrons. The highest BCUT2D eigenvalue weighted by atomic mass is 35.5. The summed E-state index contributed by atoms with van der Waals surface area (Å²) in [6.07, 6.45) is 2.38. The van der Waals surface area contributed by atoms with Gasteiger partial charge in [-0.15, -0.1) is 11.6 Å². The van der Waals surface area contributed by atoms with Gasteiger partial charge in [-0.1, -0.05) is 6.92 Å². The van der Waals surface area contributed by atoms with Crippen molar-refractivity contribution >= 4 is 34.6 Å². The van der Waals surface area contributed by atoms with E-state index in [9.17, 15) is 4.79 Å². The summed E-state index contributed by atoms with van der Waals surface area (Å²) in [6.45, 7) is 5.90. The van der Waals surface area contributed by atoms with E-state index in [1.807, 2.05) is 18.2 Å². The Morgan fingerprint density at radius 1 is 1.43 bits per heavy atom. The van der Waals surface area contributed by atoms with Gasteiger partial charge in [0.2, 0.25) is 0 Å². The fraction of sp³-hybridized carbons (Fsp3) is 0.500. The average Bonchev–Trinajstić information content (AvgIpc) is 2.48. The Morgan fingerprint density at radius 2 is 2.10 bits per heavy atom. The molecule has 2 N–H and O–H groups in total. The maximum Gasteiger partial charge on any atom is 0.162 e. The number of ketones is 1. The standard InChI is InChI=1S/C16H22ClN3O/c1-11-5-7-20(8-6-11)13-3-4-15(19-16(18)10-17)14(9-13)12(2)21/h3-4,9,11H,5-8,10H2,1-2H3,(H2,18,19). The molecule has 114 valence electrons. The topological polar surface area (TPSA) is 58.7 Å². The predicted molar refractivity (Wildman–Crippen MR) is 89.1 cm³/mol. The van der Waals surface area contributed by atoms with Crippen molar-refractivity contribution < 1.29 is 4.79 Å². The predicted octanol–water partition coefficient (Wildman–Crippen LogP) is 3.35. The van der Waals surface area contributed by atoms with Gasteiger partial charge in [-0.2, -0.15) is 0 Å². The Balaban J connectivity index is 2.30. The lowest BCUT2D eigenvalue weighted by Gasteiger charge is -2.32. The summed E-state index contributed by atoms with van der Waals surface area (Å²) in [5.41, 5.74) is 7.93. The van der Waals surface area contributed by atoms with Crippen molar-refractivity contribution in [2.75, 3.05) is 23.9 Å². The second-order valence-corrected chi connectivity index (χ2v) is 5.93. The molecule has 1 fully saturated rings. The summed E-state index contributed by atoms with van der Waals surface area (Å²) in [6, 6.07) is 5.77. The number of amidine groups is 1. The average molecular weight is 308 g/mol. The lowest BCUT2D eigenvalue weighted by molar-refractivity contribution is 0.101. The van der Waals surface area contributed by atoms with E-state index in [2.05, 4.69) is 16.8 Å². The van der Waals surface area contributed by atoms with Crippen molar-refractivity contribution in [2.24, 2.45) is 16.6 Å². The largest absolute Gasteiger partial charge is 0.386 e. The minimum Gasteiger partial charge on any atom is -0.386 e. The van der Waals surface area contributed by atoms with Crippen LogP contribution in [0.1, 0.15) is 37.0 Å². The zero-order valence-electron chi connectivity index (χ0n) is 12.6. The number of hydrogen-bond acceptors (Lipinski definition) is 3. The molecular formula is C16H22ClN3O. The minimum absolute atomic E-state index is 0.0108. The van der Waals surface area contributed by atoms with Gasteiger partial charge in [-0.25, -0.2) is 4.99 Å². The van der Waals surface area contributed by atoms with Crippen molar-refractivity contribution in [3.8, 4) is 0 Å². The third-order valence-corrected chi connectivity index (χ3v) is 4.18. The molecule has 0 atom stereocenters. The van der Waals surface area contributed by atoms with Crippen LogP contribution in [0.25, 0.3) is 0 Å². The van der Waals surface area contributed by atoms with E-state index in [1.165, 1.54) is 12.8 Å². The molecule has 1 heterocycles. The van der Waals surface area contributed by atoms with Gasteiger partial charge in [0.25, 0.3) is 0 Å². The van der Waals surface area contributed by atoms with E-state index >= 15 is 0 Å². The fourth-order valence-electron chi connectivity index (χ4n) is 2.55. The molecule has 1 aromatic rings. The number of alkyl halides is 1. The third-order valence-electron chi connectivity index (χ3n) is 3.91. The van der Waals surface area contributed by atoms with Crippen LogP contribution in [0.2, 0.25) is 0 Å². The number of benzene rings is 1. The molecule has 0 saturated carbocycles. The number of rotatable bonds is 4. The van der Waals surface area contributed by atoms with Crippen LogP contribution in [0, 0.1) is 5.92 Å². The number of anilines is 1. The van der Waals surface area contributed by atoms with E-state index in [0.717, 1.165) is 24.7 Å². The summed E-state index contributed by atoms with van der Waals surface area (Å²) in [5.74, 6) is 1.24. The number of nitrogens with zero attached hydrogens (tertiary/aromatic N) is 2. The fourth-order valence-corrected chi connectivity index (χ4v) is 2.61. The van der Waals surface area contributed by atoms with Gasteiger partial charge in [-0.05, 0) is 43.9 Å². The number of Topliss-reactive ketones (excluding diaryl/α,β-unsaturated/α-hetero) is 1. The maximum absolute atomic E-state index is 11.9. The van der Waals surface area contributed by atoms with E-state index < -0.39 is 0 Å². The van der Waals surface area contributed by atoms with Crippen molar-refractivity contribution in [3.63, 3.8) is 0 Å². The summed E-state index contributed by atoms with van der Waals surface area (Å²) < 4.78 is 0. The molecular weight excluding hydrogens is 286 g/mol. The van der Waals surface area contributed by atoms with Gasteiger partial charge < -0.3 is 10.6 Å². The van der Waals surface area contributed by atoms with E-state index in [4.69, 9.17) is 17.3 Å². The van der Waals surface area contributed by atoms with Crippen LogP contribution >= 0.6 is 11.6 Å². The summed E-state index contributed by atoms with van der Waals surface area (Å²) in [4.78, 5) is 18.4. The second-order valence-electron chi connectivity index (χ2n) is 5.66. The normalized spacial score (nSPS) is 17.1. The summed E-state index contributed by atoms with van der Waals surface area (Å²) in [7, 11) is 0. The van der Waals surface area contributed by atoms with Crippen LogP contribution in [-0.2, 0) is 0 Å². The number of carbonyl (C=O) groups excluding carboxylic acids is 1. The Labute approximate surface area is 131 Å². The first-order valence-corrected chi connectivity index (χ1v) is 7.83. The summed E-state index contributed by atoms with van der Waals surface area (Å²) in [5, 5.41) is 0. The summed E-state index contributed by atoms with van der Waals surface area (Å²) >= 11 is 5.65. The van der Waals surface area contributed by atoms with Crippen molar-refractivity contribution in [3.05, 3.63) is 23.8 Å². The molecule has 0 spiro atoms. The van der Waals surface area contributed by atoms with E-state index in [1.54, 1.807) is 6.92 Å². The molecule has 0 aliphatic carbocycles. The lowest BCUT2D eigenvalue weighted by Crippen LogP contribution is -2.32. The van der Waals surface area contributed by atoms with Gasteiger partial charge in [0.1, 0.15) is 5.84 Å². The highest BCUT2D eigenvalue weighted by Crippen LogP contribution is 2.29. The quantitative estimate of drug-likeness (QED) is 0.401. The van der Waals surface area contributed by atoms with E-state index in [0.29, 0.717) is 17.1 Å². The molecule has 0 aromatic heterocycles. The molecule has 1 aromatic carbocycles. The van der Waals surface area contributed by atoms with Crippen molar-refractivity contribution in [1.29, 1.82) is 0 Å². The Morgan fingerprint density at radius 3 is 2.67 bits per heavy atom. The molecule has 1 aliphatic heterocycles. The molecule has 21 heavy (non-hydrogen) atoms. The molecule has 5 heteroatoms. The van der Waals surface area contributed by atoms with Crippen molar-refractivity contribution in [2.45, 2.75) is 26.7 Å². The molecule has 0 amide bonds. The molecule has 0 bridgehead atoms. The van der Waals surface area contributed by atoms with E-state index in [-0.39, 0.29) is 11.7 Å². The highest BCUT2D eigenvalue weighted by molar-refractivity contribution is 6.28. The number of piperidine rings is 1. The second kappa shape index (κ2) is 6.94. The number of nitrogens with two attached hydrogens (primary N) is 1. The van der Waals surface area contributed by atoms with Crippen molar-refractivity contribution in [1.82, 2.24) is 0 Å². The molecule has 0 unspecified atom stereocenters. The van der Waals surface area contributed by atoms with Crippen LogP contribution in [0.5, 0.6) is 0 Å². The highest BCUT2D eigenvalue weighted by Gasteiger charge is 2.18. The van der Waals surface area contributed by atoms with Gasteiger partial charge in [0.15, 0.2) is 5.78 Å². The van der Waals surface area contributed by atoms with Gasteiger partial charge >= 0.3 is 0 Å². The smallest absolute Gasteiger partial charge is 0.162 e. The Hall–Kier alpha value is -1.55. The first kappa shape index (κ1) is 15.8. The van der Waals surface area contributed by atoms with Gasteiger partial charge in [0, 0.05) is 24.3 Å². The third kappa shape index (κ3) is 3.97. The van der Waals surface area contributed by atoms with Crippen LogP contribution in [0.3, 0.4) is 0 Å². The number of carbonyl (C=O) groups is 1. The number of halogens is 1. The number of aliphatic imine (C=N–C) groups is 1. The molecule has 1 saturated heterocycles. The van der Waals surface area contributed by atoms with Gasteiger partial charge in [0.05, 0.1) is 11.6 Å². The maximum atomic E-state index is 11.9. The Kier molecular flexibility index (Phi) is 5.23. The van der Waals surface area contributed by atoms with Crippen LogP contribution in [0.4, 0.5) is 11.4 Å². The molecule has 1 aliphatic rings. The van der Waals surface area contributed by atoms with Gasteiger partial charge in [-0.3, -0.25) is 4.79 Å². The first-order chi connectivity index (χ1) is 10.0. The first-order valence-electron chi connectivity index (χ1n) is 7.30. The number of hydrogen-bond donors (Lipinski definition) is 1. The molecule has 4 nitrogen and oxygen atoms in total. The zero-order chi connectivity index (χ0) is 15.4. The minimum atomic E-state index is -0.0108. The molecule has 2 rings (SSSR count). The monoisotopic (exact) mass is 307 g/mol. The van der Waals surface area contributed by atoms with Crippen LogP contribution < -0.4 is 10.6 Å². The van der Waals surface area contributed by atoms with Crippen LogP contribution in [0.15, 0.2) is 23.2 Å². The zero-order valence-corrected chi connectivity index (χ0v) is 13.4. The van der Waals surface area contributed by atoms with Crippen LogP contribution in [-0.4, -0.2) is 30.6 Å². The Bertz CT molecular complexity index is 548. The SMILES string of the molecule is CC(=O)c1cc(N2CCC(C)CC2)ccc1N=C(N)CCl.